The predicted molar refractivity (Wildman–Crippen MR) is 71.3 cm³/mol. The molecule has 0 amide bonds. The van der Waals surface area contributed by atoms with Gasteiger partial charge in [0.15, 0.2) is 0 Å². The molecular weight excluding hydrogens is 247 g/mol. The second-order valence-electron chi connectivity index (χ2n) is 4.88. The minimum Gasteiger partial charge on any atom is -0.385 e. The van der Waals surface area contributed by atoms with Gasteiger partial charge >= 0.3 is 0 Å². The number of rotatable bonds is 3. The minimum atomic E-state index is -0.846. The van der Waals surface area contributed by atoms with Crippen molar-refractivity contribution in [1.82, 2.24) is 0 Å². The van der Waals surface area contributed by atoms with E-state index in [-0.39, 0.29) is 5.82 Å². The van der Waals surface area contributed by atoms with Crippen molar-refractivity contribution in [2.24, 2.45) is 0 Å². The molecule has 1 aliphatic rings. The molecule has 1 aliphatic carbocycles. The lowest BCUT2D eigenvalue weighted by Crippen LogP contribution is -2.22. The van der Waals surface area contributed by atoms with Crippen LogP contribution in [0.3, 0.4) is 0 Å². The molecule has 0 spiro atoms. The quantitative estimate of drug-likeness (QED) is 0.895. The summed E-state index contributed by atoms with van der Waals surface area (Å²) < 4.78 is 13.6. The topological polar surface area (TPSA) is 20.2 Å². The van der Waals surface area contributed by atoms with Crippen molar-refractivity contribution in [2.75, 3.05) is 0 Å². The number of aliphatic hydroxyl groups is 1. The van der Waals surface area contributed by atoms with Gasteiger partial charge in [0.1, 0.15) is 5.82 Å². The molecule has 1 aromatic carbocycles. The number of aryl methyl sites for hydroxylation is 1. The van der Waals surface area contributed by atoms with Crippen LogP contribution in [0, 0.1) is 5.82 Å². The van der Waals surface area contributed by atoms with Crippen molar-refractivity contribution in [3.05, 3.63) is 57.5 Å². The van der Waals surface area contributed by atoms with Crippen LogP contribution in [0.15, 0.2) is 35.7 Å². The monoisotopic (exact) mass is 262 g/mol. The molecule has 0 fully saturated rings. The molecule has 3 heteroatoms. The molecule has 0 bridgehead atoms. The standard InChI is InChI=1S/C15H15FOS/c16-14-5-1-4-13-12(14)7-9-15(13,17)8-6-11-3-2-10-18-11/h1-5,10,17H,6-9H2. The SMILES string of the molecule is OC1(CCc2cccs2)CCc2c(F)cccc21. The molecule has 3 rings (SSSR count). The number of hydrogen-bond acceptors (Lipinski definition) is 2. The lowest BCUT2D eigenvalue weighted by molar-refractivity contribution is 0.0299. The van der Waals surface area contributed by atoms with E-state index in [9.17, 15) is 9.50 Å². The second kappa shape index (κ2) is 4.48. The Bertz CT molecular complexity index is 550. The zero-order chi connectivity index (χ0) is 12.6. The largest absolute Gasteiger partial charge is 0.385 e. The third kappa shape index (κ3) is 1.98. The summed E-state index contributed by atoms with van der Waals surface area (Å²) in [6, 6.07) is 9.13. The molecule has 1 heterocycles. The zero-order valence-electron chi connectivity index (χ0n) is 10.0. The first-order valence-corrected chi connectivity index (χ1v) is 7.10. The van der Waals surface area contributed by atoms with Crippen LogP contribution in [-0.4, -0.2) is 5.11 Å². The van der Waals surface area contributed by atoms with Gasteiger partial charge in [0.2, 0.25) is 0 Å². The smallest absolute Gasteiger partial charge is 0.126 e. The maximum atomic E-state index is 13.6. The van der Waals surface area contributed by atoms with E-state index >= 15 is 0 Å². The molecule has 94 valence electrons. The molecule has 18 heavy (non-hydrogen) atoms. The fraction of sp³-hybridized carbons (Fsp3) is 0.333. The van der Waals surface area contributed by atoms with Gasteiger partial charge in [-0.2, -0.15) is 0 Å². The van der Waals surface area contributed by atoms with Crippen LogP contribution >= 0.6 is 11.3 Å². The lowest BCUT2D eigenvalue weighted by Gasteiger charge is -2.23. The van der Waals surface area contributed by atoms with Gasteiger partial charge in [0.25, 0.3) is 0 Å². The van der Waals surface area contributed by atoms with E-state index in [2.05, 4.69) is 6.07 Å². The van der Waals surface area contributed by atoms with Gasteiger partial charge in [-0.25, -0.2) is 4.39 Å². The summed E-state index contributed by atoms with van der Waals surface area (Å²) in [6.45, 7) is 0. The highest BCUT2D eigenvalue weighted by molar-refractivity contribution is 7.09. The highest BCUT2D eigenvalue weighted by Crippen LogP contribution is 2.41. The van der Waals surface area contributed by atoms with Crippen molar-refractivity contribution in [3.8, 4) is 0 Å². The van der Waals surface area contributed by atoms with Gasteiger partial charge < -0.3 is 5.11 Å². The number of fused-ring (bicyclic) bond motifs is 1. The van der Waals surface area contributed by atoms with Crippen LogP contribution in [0.2, 0.25) is 0 Å². The normalized spacial score (nSPS) is 22.1. The summed E-state index contributed by atoms with van der Waals surface area (Å²) in [5, 5.41) is 12.7. The van der Waals surface area contributed by atoms with Crippen molar-refractivity contribution < 1.29 is 9.50 Å². The Hall–Kier alpha value is -1.19. The van der Waals surface area contributed by atoms with Gasteiger partial charge in [0.05, 0.1) is 5.60 Å². The van der Waals surface area contributed by atoms with Crippen LogP contribution in [0.1, 0.15) is 28.8 Å². The van der Waals surface area contributed by atoms with E-state index in [1.807, 2.05) is 17.5 Å². The highest BCUT2D eigenvalue weighted by atomic mass is 32.1. The Labute approximate surface area is 110 Å². The van der Waals surface area contributed by atoms with Crippen LogP contribution in [-0.2, 0) is 18.4 Å². The number of hydrogen-bond donors (Lipinski definition) is 1. The lowest BCUT2D eigenvalue weighted by atomic mass is 9.90. The van der Waals surface area contributed by atoms with Gasteiger partial charge in [0, 0.05) is 4.88 Å². The fourth-order valence-corrected chi connectivity index (χ4v) is 3.47. The maximum Gasteiger partial charge on any atom is 0.126 e. The zero-order valence-corrected chi connectivity index (χ0v) is 10.8. The molecule has 0 aliphatic heterocycles. The van der Waals surface area contributed by atoms with Crippen LogP contribution in [0.5, 0.6) is 0 Å². The molecule has 1 nitrogen and oxygen atoms in total. The molecule has 2 aromatic rings. The predicted octanol–water partition coefficient (Wildman–Crippen LogP) is 3.65. The third-order valence-electron chi connectivity index (χ3n) is 3.77. The maximum absolute atomic E-state index is 13.6. The van der Waals surface area contributed by atoms with Crippen molar-refractivity contribution in [3.63, 3.8) is 0 Å². The Morgan fingerprint density at radius 1 is 1.28 bits per heavy atom. The first-order chi connectivity index (χ1) is 8.69. The minimum absolute atomic E-state index is 0.181. The molecule has 1 aromatic heterocycles. The Morgan fingerprint density at radius 2 is 2.17 bits per heavy atom. The number of benzene rings is 1. The summed E-state index contributed by atoms with van der Waals surface area (Å²) >= 11 is 1.70. The van der Waals surface area contributed by atoms with E-state index in [1.54, 1.807) is 17.4 Å². The Balaban J connectivity index is 1.83. The van der Waals surface area contributed by atoms with E-state index in [0.29, 0.717) is 24.8 Å². The Kier molecular flexibility index (Phi) is 2.96. The molecule has 0 radical (unpaired) electrons. The second-order valence-corrected chi connectivity index (χ2v) is 5.91. The average Bonchev–Trinajstić information content (AvgIpc) is 2.97. The molecule has 1 N–H and O–H groups in total. The molecule has 0 saturated carbocycles. The van der Waals surface area contributed by atoms with Crippen molar-refractivity contribution in [1.29, 1.82) is 0 Å². The van der Waals surface area contributed by atoms with Crippen molar-refractivity contribution >= 4 is 11.3 Å². The van der Waals surface area contributed by atoms with E-state index in [1.165, 1.54) is 10.9 Å². The number of thiophene rings is 1. The highest BCUT2D eigenvalue weighted by Gasteiger charge is 2.37. The van der Waals surface area contributed by atoms with Crippen LogP contribution < -0.4 is 0 Å². The van der Waals surface area contributed by atoms with Gasteiger partial charge in [-0.05, 0) is 54.3 Å². The van der Waals surface area contributed by atoms with E-state index in [0.717, 1.165) is 12.0 Å². The fourth-order valence-electron chi connectivity index (χ4n) is 2.76. The summed E-state index contributed by atoms with van der Waals surface area (Å²) in [5.74, 6) is -0.181. The van der Waals surface area contributed by atoms with Gasteiger partial charge in [-0.3, -0.25) is 0 Å². The van der Waals surface area contributed by atoms with Crippen molar-refractivity contribution in [2.45, 2.75) is 31.3 Å². The molecule has 1 atom stereocenters. The molecular formula is C15H15FOS. The third-order valence-corrected chi connectivity index (χ3v) is 4.71. The first-order valence-electron chi connectivity index (χ1n) is 6.22. The average molecular weight is 262 g/mol. The van der Waals surface area contributed by atoms with Gasteiger partial charge in [-0.1, -0.05) is 18.2 Å². The molecule has 1 unspecified atom stereocenters. The first kappa shape index (κ1) is 11.9. The summed E-state index contributed by atoms with van der Waals surface area (Å²) in [6.07, 6.45) is 2.80. The summed E-state index contributed by atoms with van der Waals surface area (Å²) in [7, 11) is 0. The summed E-state index contributed by atoms with van der Waals surface area (Å²) in [4.78, 5) is 1.27. The van der Waals surface area contributed by atoms with E-state index < -0.39 is 5.60 Å². The van der Waals surface area contributed by atoms with Crippen LogP contribution in [0.4, 0.5) is 4.39 Å². The summed E-state index contributed by atoms with van der Waals surface area (Å²) in [5.41, 5.74) is 0.645. The Morgan fingerprint density at radius 3 is 2.94 bits per heavy atom. The molecule has 0 saturated heterocycles. The number of halogens is 1. The van der Waals surface area contributed by atoms with Gasteiger partial charge in [-0.15, -0.1) is 11.3 Å². The van der Waals surface area contributed by atoms with Crippen LogP contribution in [0.25, 0.3) is 0 Å². The van der Waals surface area contributed by atoms with E-state index in [4.69, 9.17) is 0 Å².